The molecule has 0 spiro atoms. The van der Waals surface area contributed by atoms with Crippen LogP contribution >= 0.6 is 11.6 Å². The van der Waals surface area contributed by atoms with Gasteiger partial charge in [0.25, 0.3) is 5.91 Å². The largest absolute Gasteiger partial charge is 0.368 e. The van der Waals surface area contributed by atoms with Crippen molar-refractivity contribution in [2.24, 2.45) is 0 Å². The highest BCUT2D eigenvalue weighted by Crippen LogP contribution is 2.20. The fourth-order valence-electron chi connectivity index (χ4n) is 2.87. The van der Waals surface area contributed by atoms with Crippen LogP contribution < -0.4 is 9.80 Å². The second kappa shape index (κ2) is 7.27. The number of carbonyl (C=O) groups is 1. The summed E-state index contributed by atoms with van der Waals surface area (Å²) >= 11 is 5.94. The fourth-order valence-corrected chi connectivity index (χ4v) is 3.00. The van der Waals surface area contributed by atoms with Gasteiger partial charge >= 0.3 is 0 Å². The number of halogens is 1. The van der Waals surface area contributed by atoms with E-state index in [0.29, 0.717) is 30.3 Å². The molecule has 0 bridgehead atoms. The van der Waals surface area contributed by atoms with Crippen LogP contribution in [0.15, 0.2) is 30.5 Å². The van der Waals surface area contributed by atoms with Gasteiger partial charge in [-0.2, -0.15) is 0 Å². The number of aromatic nitrogens is 2. The molecule has 7 heteroatoms. The molecule has 3 rings (SSSR count). The molecule has 0 N–H and O–H groups in total. The van der Waals surface area contributed by atoms with Crippen LogP contribution in [0.25, 0.3) is 0 Å². The van der Waals surface area contributed by atoms with Crippen molar-refractivity contribution in [1.82, 2.24) is 14.9 Å². The molecule has 132 valence electrons. The summed E-state index contributed by atoms with van der Waals surface area (Å²) < 4.78 is 0. The minimum absolute atomic E-state index is 0.00133. The predicted molar refractivity (Wildman–Crippen MR) is 101 cm³/mol. The van der Waals surface area contributed by atoms with Crippen LogP contribution in [0.2, 0.25) is 5.02 Å². The van der Waals surface area contributed by atoms with Gasteiger partial charge in [-0.15, -0.1) is 0 Å². The summed E-state index contributed by atoms with van der Waals surface area (Å²) in [6, 6.07) is 7.80. The van der Waals surface area contributed by atoms with Gasteiger partial charge in [0.15, 0.2) is 0 Å². The first kappa shape index (κ1) is 17.5. The number of carbonyl (C=O) groups excluding carboxylic acids is 1. The summed E-state index contributed by atoms with van der Waals surface area (Å²) in [5.41, 5.74) is 2.42. The quantitative estimate of drug-likeness (QED) is 0.842. The fraction of sp³-hybridized carbons (Fsp3) is 0.389. The van der Waals surface area contributed by atoms with Crippen LogP contribution in [-0.2, 0) is 0 Å². The Morgan fingerprint density at radius 2 is 1.76 bits per heavy atom. The maximum absolute atomic E-state index is 12.8. The second-order valence-electron chi connectivity index (χ2n) is 6.32. The Hall–Kier alpha value is -2.34. The highest BCUT2D eigenvalue weighted by Gasteiger charge is 2.24. The van der Waals surface area contributed by atoms with Crippen molar-refractivity contribution in [3.8, 4) is 0 Å². The topological polar surface area (TPSA) is 52.6 Å². The van der Waals surface area contributed by atoms with Crippen molar-refractivity contribution < 1.29 is 4.79 Å². The predicted octanol–water partition coefficient (Wildman–Crippen LogP) is 2.47. The lowest BCUT2D eigenvalue weighted by atomic mass is 10.2. The Labute approximate surface area is 153 Å². The van der Waals surface area contributed by atoms with E-state index in [9.17, 15) is 4.79 Å². The molecule has 2 heterocycles. The average Bonchev–Trinajstić information content (AvgIpc) is 2.62. The second-order valence-corrected chi connectivity index (χ2v) is 6.76. The first-order valence-corrected chi connectivity index (χ1v) is 8.64. The van der Waals surface area contributed by atoms with Gasteiger partial charge in [0.2, 0.25) is 5.95 Å². The molecule has 1 saturated heterocycles. The smallest absolute Gasteiger partial charge is 0.257 e. The van der Waals surface area contributed by atoms with Gasteiger partial charge in [0.1, 0.15) is 0 Å². The maximum Gasteiger partial charge on any atom is 0.257 e. The number of aryl methyl sites for hydroxylation is 1. The molecule has 1 aliphatic heterocycles. The van der Waals surface area contributed by atoms with Gasteiger partial charge in [-0.1, -0.05) is 11.6 Å². The minimum atomic E-state index is -0.00133. The van der Waals surface area contributed by atoms with Crippen molar-refractivity contribution in [3.05, 3.63) is 46.7 Å². The highest BCUT2D eigenvalue weighted by molar-refractivity contribution is 6.30. The Morgan fingerprint density at radius 1 is 1.12 bits per heavy atom. The summed E-state index contributed by atoms with van der Waals surface area (Å²) in [7, 11) is 3.76. The molecule has 25 heavy (non-hydrogen) atoms. The zero-order valence-corrected chi connectivity index (χ0v) is 15.5. The number of hydrogen-bond donors (Lipinski definition) is 0. The molecule has 0 atom stereocenters. The number of anilines is 2. The SMILES string of the molecule is Cc1nc(N(C)C)ncc1C(=O)N1CCN(c2ccc(Cl)cc2)CC1. The Balaban J connectivity index is 1.66. The molecule has 0 aliphatic carbocycles. The molecule has 6 nitrogen and oxygen atoms in total. The van der Waals surface area contributed by atoms with Crippen LogP contribution in [0.3, 0.4) is 0 Å². The molecular formula is C18H22ClN5O. The van der Waals surface area contributed by atoms with Crippen molar-refractivity contribution in [1.29, 1.82) is 0 Å². The lowest BCUT2D eigenvalue weighted by molar-refractivity contribution is 0.0745. The van der Waals surface area contributed by atoms with Crippen LogP contribution in [0, 0.1) is 6.92 Å². The summed E-state index contributed by atoms with van der Waals surface area (Å²) in [4.78, 5) is 27.4. The molecule has 0 radical (unpaired) electrons. The molecule has 0 unspecified atom stereocenters. The summed E-state index contributed by atoms with van der Waals surface area (Å²) in [6.07, 6.45) is 1.63. The van der Waals surface area contributed by atoms with Gasteiger partial charge in [-0.05, 0) is 31.2 Å². The number of amides is 1. The maximum atomic E-state index is 12.8. The van der Waals surface area contributed by atoms with E-state index in [1.807, 2.05) is 55.1 Å². The third kappa shape index (κ3) is 3.85. The Kier molecular flexibility index (Phi) is 5.08. The minimum Gasteiger partial charge on any atom is -0.368 e. The van der Waals surface area contributed by atoms with Gasteiger partial charge < -0.3 is 14.7 Å². The van der Waals surface area contributed by atoms with E-state index < -0.39 is 0 Å². The number of piperazine rings is 1. The average molecular weight is 360 g/mol. The zero-order chi connectivity index (χ0) is 18.0. The lowest BCUT2D eigenvalue weighted by Crippen LogP contribution is -2.49. The molecule has 1 fully saturated rings. The van der Waals surface area contributed by atoms with E-state index >= 15 is 0 Å². The molecule has 1 amide bonds. The van der Waals surface area contributed by atoms with E-state index in [2.05, 4.69) is 14.9 Å². The van der Waals surface area contributed by atoms with Crippen molar-refractivity contribution in [2.45, 2.75) is 6.92 Å². The van der Waals surface area contributed by atoms with Crippen molar-refractivity contribution in [3.63, 3.8) is 0 Å². The van der Waals surface area contributed by atoms with E-state index in [0.717, 1.165) is 23.8 Å². The number of rotatable bonds is 3. The van der Waals surface area contributed by atoms with Gasteiger partial charge in [-0.3, -0.25) is 4.79 Å². The summed E-state index contributed by atoms with van der Waals surface area (Å²) in [5, 5.41) is 0.731. The third-order valence-corrected chi connectivity index (χ3v) is 4.61. The van der Waals surface area contributed by atoms with Gasteiger partial charge in [0.05, 0.1) is 11.3 Å². The molecule has 1 aromatic heterocycles. The summed E-state index contributed by atoms with van der Waals surface area (Å²) in [6.45, 7) is 4.80. The van der Waals surface area contributed by atoms with Crippen molar-refractivity contribution in [2.75, 3.05) is 50.1 Å². The molecular weight excluding hydrogens is 338 g/mol. The van der Waals surface area contributed by atoms with E-state index in [4.69, 9.17) is 11.6 Å². The standard InChI is InChI=1S/C18H22ClN5O/c1-13-16(12-20-18(21-13)22(2)3)17(25)24-10-8-23(9-11-24)15-6-4-14(19)5-7-15/h4-7,12H,8-11H2,1-3H3. The monoisotopic (exact) mass is 359 g/mol. The van der Waals surface area contributed by atoms with Gasteiger partial charge in [0, 0.05) is 57.2 Å². The van der Waals surface area contributed by atoms with E-state index in [-0.39, 0.29) is 5.91 Å². The van der Waals surface area contributed by atoms with E-state index in [1.165, 1.54) is 0 Å². The first-order chi connectivity index (χ1) is 12.0. The highest BCUT2D eigenvalue weighted by atomic mass is 35.5. The Bertz CT molecular complexity index is 755. The number of benzene rings is 1. The van der Waals surface area contributed by atoms with Gasteiger partial charge in [-0.25, -0.2) is 9.97 Å². The zero-order valence-electron chi connectivity index (χ0n) is 14.7. The molecule has 2 aromatic rings. The first-order valence-electron chi connectivity index (χ1n) is 8.26. The van der Waals surface area contributed by atoms with Crippen LogP contribution in [-0.4, -0.2) is 61.0 Å². The molecule has 1 aromatic carbocycles. The van der Waals surface area contributed by atoms with Crippen LogP contribution in [0.5, 0.6) is 0 Å². The molecule has 0 saturated carbocycles. The van der Waals surface area contributed by atoms with Crippen molar-refractivity contribution >= 4 is 29.1 Å². The molecule has 1 aliphatic rings. The number of hydrogen-bond acceptors (Lipinski definition) is 5. The van der Waals surface area contributed by atoms with Crippen LogP contribution in [0.4, 0.5) is 11.6 Å². The Morgan fingerprint density at radius 3 is 2.32 bits per heavy atom. The number of nitrogens with zero attached hydrogens (tertiary/aromatic N) is 5. The van der Waals surface area contributed by atoms with Crippen LogP contribution in [0.1, 0.15) is 16.1 Å². The normalized spacial score (nSPS) is 14.6. The van der Waals surface area contributed by atoms with E-state index in [1.54, 1.807) is 6.20 Å². The summed E-state index contributed by atoms with van der Waals surface area (Å²) in [5.74, 6) is 0.611. The third-order valence-electron chi connectivity index (χ3n) is 4.36. The lowest BCUT2D eigenvalue weighted by Gasteiger charge is -2.36.